The molecular formula is C26H34O2. The Balaban J connectivity index is 1.63. The van der Waals surface area contributed by atoms with Gasteiger partial charge in [0.2, 0.25) is 0 Å². The molecule has 0 spiro atoms. The molecule has 2 saturated carbocycles. The van der Waals surface area contributed by atoms with Gasteiger partial charge in [-0.25, -0.2) is 0 Å². The van der Waals surface area contributed by atoms with Crippen LogP contribution in [-0.2, 0) is 9.59 Å². The number of carbonyl (C=O) groups is 2. The van der Waals surface area contributed by atoms with Crippen LogP contribution in [0.5, 0.6) is 0 Å². The van der Waals surface area contributed by atoms with E-state index >= 15 is 0 Å². The summed E-state index contributed by atoms with van der Waals surface area (Å²) < 4.78 is 0. The first-order chi connectivity index (χ1) is 13.5. The second-order valence-corrected chi connectivity index (χ2v) is 9.43. The molecule has 4 rings (SSSR count). The second kappa shape index (κ2) is 8.35. The average molecular weight is 379 g/mol. The summed E-state index contributed by atoms with van der Waals surface area (Å²) >= 11 is 0. The van der Waals surface area contributed by atoms with Crippen LogP contribution in [0, 0.1) is 23.7 Å². The van der Waals surface area contributed by atoms with Crippen molar-refractivity contribution in [2.24, 2.45) is 23.7 Å². The molecule has 0 amide bonds. The normalized spacial score (nSPS) is 30.5. The van der Waals surface area contributed by atoms with Gasteiger partial charge in [-0.05, 0) is 73.7 Å². The molecule has 0 heterocycles. The molecule has 2 atom stereocenters. The van der Waals surface area contributed by atoms with Gasteiger partial charge < -0.3 is 0 Å². The zero-order chi connectivity index (χ0) is 19.7. The highest BCUT2D eigenvalue weighted by Crippen LogP contribution is 2.40. The lowest BCUT2D eigenvalue weighted by Crippen LogP contribution is -2.26. The Morgan fingerprint density at radius 1 is 0.571 bits per heavy atom. The van der Waals surface area contributed by atoms with Crippen LogP contribution in [0.15, 0.2) is 46.6 Å². The lowest BCUT2D eigenvalue weighted by atomic mass is 9.71. The Hall–Kier alpha value is -1.70. The third-order valence-electron chi connectivity index (χ3n) is 7.40. The summed E-state index contributed by atoms with van der Waals surface area (Å²) in [5.74, 6) is 1.79. The largest absolute Gasteiger partial charge is 0.289 e. The van der Waals surface area contributed by atoms with Crippen LogP contribution in [0.1, 0.15) is 78.1 Å². The Morgan fingerprint density at radius 2 is 0.929 bits per heavy atom. The number of hydrogen-bond acceptors (Lipinski definition) is 2. The van der Waals surface area contributed by atoms with E-state index in [-0.39, 0.29) is 23.4 Å². The molecule has 4 aliphatic carbocycles. The fraction of sp³-hybridized carbons (Fsp3) is 0.615. The molecule has 150 valence electrons. The van der Waals surface area contributed by atoms with Gasteiger partial charge >= 0.3 is 0 Å². The van der Waals surface area contributed by atoms with E-state index < -0.39 is 0 Å². The van der Waals surface area contributed by atoms with Crippen LogP contribution in [0.4, 0.5) is 0 Å². The summed E-state index contributed by atoms with van der Waals surface area (Å²) in [6.07, 6.45) is 21.0. The minimum atomic E-state index is 0.205. The zero-order valence-electron chi connectivity index (χ0n) is 17.5. The summed E-state index contributed by atoms with van der Waals surface area (Å²) in [5.41, 5.74) is 3.90. The minimum Gasteiger partial charge on any atom is -0.289 e. The van der Waals surface area contributed by atoms with Gasteiger partial charge in [0.15, 0.2) is 11.6 Å². The van der Waals surface area contributed by atoms with Gasteiger partial charge in [-0.15, -0.1) is 0 Å². The summed E-state index contributed by atoms with van der Waals surface area (Å²) in [6.45, 7) is 3.95. The quantitative estimate of drug-likeness (QED) is 0.578. The molecule has 2 nitrogen and oxygen atoms in total. The summed E-state index contributed by atoms with van der Waals surface area (Å²) in [4.78, 5) is 25.7. The molecule has 0 bridgehead atoms. The van der Waals surface area contributed by atoms with Gasteiger partial charge in [0.25, 0.3) is 0 Å². The van der Waals surface area contributed by atoms with Crippen molar-refractivity contribution in [3.8, 4) is 0 Å². The van der Waals surface area contributed by atoms with E-state index in [2.05, 4.69) is 24.3 Å². The van der Waals surface area contributed by atoms with Crippen LogP contribution in [-0.4, -0.2) is 11.6 Å². The van der Waals surface area contributed by atoms with Crippen molar-refractivity contribution in [2.45, 2.75) is 78.1 Å². The highest BCUT2D eigenvalue weighted by Gasteiger charge is 2.33. The molecule has 2 fully saturated rings. The van der Waals surface area contributed by atoms with Crippen LogP contribution in [0.25, 0.3) is 0 Å². The Labute approximate surface area is 169 Å². The van der Waals surface area contributed by atoms with E-state index in [1.165, 1.54) is 38.5 Å². The number of allylic oxidation sites excluding steroid dienone is 8. The van der Waals surface area contributed by atoms with Crippen LogP contribution >= 0.6 is 0 Å². The second-order valence-electron chi connectivity index (χ2n) is 9.43. The van der Waals surface area contributed by atoms with Crippen molar-refractivity contribution in [3.05, 3.63) is 46.6 Å². The fourth-order valence-electron chi connectivity index (χ4n) is 5.76. The molecule has 0 aliphatic heterocycles. The lowest BCUT2D eigenvalue weighted by Gasteiger charge is -2.32. The molecule has 2 heteroatoms. The van der Waals surface area contributed by atoms with E-state index in [0.29, 0.717) is 11.8 Å². The number of Topliss-reactive ketones (excluding diaryl/α,β-unsaturated/α-hetero) is 2. The molecule has 4 aliphatic rings. The smallest absolute Gasteiger partial charge is 0.184 e. The maximum absolute atomic E-state index is 12.9. The zero-order valence-corrected chi connectivity index (χ0v) is 17.5. The van der Waals surface area contributed by atoms with Gasteiger partial charge in [-0.1, -0.05) is 62.8 Å². The lowest BCUT2D eigenvalue weighted by molar-refractivity contribution is -0.114. The van der Waals surface area contributed by atoms with Crippen molar-refractivity contribution < 1.29 is 9.59 Å². The van der Waals surface area contributed by atoms with E-state index in [1.54, 1.807) is 0 Å². The summed E-state index contributed by atoms with van der Waals surface area (Å²) in [6, 6.07) is 0. The fourth-order valence-corrected chi connectivity index (χ4v) is 5.76. The van der Waals surface area contributed by atoms with Gasteiger partial charge in [-0.3, -0.25) is 9.59 Å². The third-order valence-corrected chi connectivity index (χ3v) is 7.40. The Morgan fingerprint density at radius 3 is 1.29 bits per heavy atom. The standard InChI is InChI=1S/C26H34O2/c1-17-13-21(15-23(25(17)27)19-9-5-3-6-10-19)22-14-18(2)26(28)24(16-22)20-11-7-4-8-12-20/h13-16,19-22H,3-12H2,1-2H3. The molecule has 0 radical (unpaired) electrons. The molecule has 0 aromatic carbocycles. The predicted molar refractivity (Wildman–Crippen MR) is 114 cm³/mol. The number of rotatable bonds is 3. The topological polar surface area (TPSA) is 34.1 Å². The number of hydrogen-bond donors (Lipinski definition) is 0. The van der Waals surface area contributed by atoms with Crippen LogP contribution in [0.3, 0.4) is 0 Å². The van der Waals surface area contributed by atoms with Gasteiger partial charge in [-0.2, -0.15) is 0 Å². The Kier molecular flexibility index (Phi) is 5.85. The van der Waals surface area contributed by atoms with Crippen molar-refractivity contribution >= 4 is 11.6 Å². The van der Waals surface area contributed by atoms with Crippen molar-refractivity contribution in [2.75, 3.05) is 0 Å². The number of ketones is 2. The van der Waals surface area contributed by atoms with E-state index in [1.807, 2.05) is 13.8 Å². The first-order valence-electron chi connectivity index (χ1n) is 11.4. The Bertz CT molecular complexity index is 698. The van der Waals surface area contributed by atoms with Crippen molar-refractivity contribution in [3.63, 3.8) is 0 Å². The maximum Gasteiger partial charge on any atom is 0.184 e. The monoisotopic (exact) mass is 378 g/mol. The highest BCUT2D eigenvalue weighted by atomic mass is 16.1. The first kappa shape index (κ1) is 19.6. The number of carbonyl (C=O) groups excluding carboxylic acids is 2. The van der Waals surface area contributed by atoms with Crippen LogP contribution in [0.2, 0.25) is 0 Å². The van der Waals surface area contributed by atoms with Gasteiger partial charge in [0.05, 0.1) is 0 Å². The van der Waals surface area contributed by atoms with Gasteiger partial charge in [0, 0.05) is 11.8 Å². The molecular weight excluding hydrogens is 344 g/mol. The summed E-state index contributed by atoms with van der Waals surface area (Å²) in [5, 5.41) is 0. The van der Waals surface area contributed by atoms with E-state index in [0.717, 1.165) is 48.0 Å². The molecule has 0 aromatic rings. The predicted octanol–water partition coefficient (Wildman–Crippen LogP) is 6.29. The SMILES string of the molecule is CC1=CC(C2C=C(C)C(=O)C(C3CCCCC3)=C2)C=C(C2CCCCC2)C1=O. The minimum absolute atomic E-state index is 0.205. The third kappa shape index (κ3) is 3.88. The molecule has 0 saturated heterocycles. The van der Waals surface area contributed by atoms with Crippen LogP contribution < -0.4 is 0 Å². The molecule has 28 heavy (non-hydrogen) atoms. The average Bonchev–Trinajstić information content (AvgIpc) is 2.73. The molecule has 0 N–H and O–H groups in total. The first-order valence-corrected chi connectivity index (χ1v) is 11.4. The molecule has 2 unspecified atom stereocenters. The van der Waals surface area contributed by atoms with Gasteiger partial charge in [0.1, 0.15) is 0 Å². The maximum atomic E-state index is 12.9. The molecule has 0 aromatic heterocycles. The van der Waals surface area contributed by atoms with E-state index in [9.17, 15) is 9.59 Å². The van der Waals surface area contributed by atoms with Crippen molar-refractivity contribution in [1.29, 1.82) is 0 Å². The van der Waals surface area contributed by atoms with E-state index in [4.69, 9.17) is 0 Å². The van der Waals surface area contributed by atoms with Crippen molar-refractivity contribution in [1.82, 2.24) is 0 Å². The summed E-state index contributed by atoms with van der Waals surface area (Å²) in [7, 11) is 0. The highest BCUT2D eigenvalue weighted by molar-refractivity contribution is 6.10.